The van der Waals surface area contributed by atoms with Crippen molar-refractivity contribution in [1.29, 1.82) is 0 Å². The first-order valence-electron chi connectivity index (χ1n) is 11.0. The number of ether oxygens (including phenoxy) is 1. The summed E-state index contributed by atoms with van der Waals surface area (Å²) in [5.74, 6) is 1.51. The molecule has 0 aliphatic heterocycles. The fourth-order valence-electron chi connectivity index (χ4n) is 8.04. The monoisotopic (exact) mass is 386 g/mol. The number of ketones is 2. The molecule has 4 nitrogen and oxygen atoms in total. The van der Waals surface area contributed by atoms with Crippen molar-refractivity contribution < 1.29 is 19.1 Å². The van der Waals surface area contributed by atoms with Crippen molar-refractivity contribution in [3.8, 4) is 0 Å². The van der Waals surface area contributed by atoms with E-state index in [4.69, 9.17) is 4.74 Å². The van der Waals surface area contributed by atoms with Crippen LogP contribution in [-0.2, 0) is 19.1 Å². The number of hydrogen-bond acceptors (Lipinski definition) is 4. The number of rotatable bonds is 2. The van der Waals surface area contributed by atoms with Crippen molar-refractivity contribution in [2.45, 2.75) is 91.6 Å². The van der Waals surface area contributed by atoms with Gasteiger partial charge in [-0.3, -0.25) is 14.4 Å². The molecule has 6 atom stereocenters. The molecule has 154 valence electrons. The molecule has 4 aliphatic rings. The van der Waals surface area contributed by atoms with Gasteiger partial charge >= 0.3 is 5.97 Å². The van der Waals surface area contributed by atoms with Gasteiger partial charge < -0.3 is 4.74 Å². The molecule has 0 aromatic carbocycles. The molecule has 0 aromatic heterocycles. The molecular weight excluding hydrogens is 352 g/mol. The van der Waals surface area contributed by atoms with E-state index in [9.17, 15) is 14.4 Å². The summed E-state index contributed by atoms with van der Waals surface area (Å²) in [5, 5.41) is 0. The van der Waals surface area contributed by atoms with Crippen molar-refractivity contribution in [2.24, 2.45) is 28.6 Å². The Morgan fingerprint density at radius 2 is 1.64 bits per heavy atom. The molecule has 4 heteroatoms. The highest BCUT2D eigenvalue weighted by Crippen LogP contribution is 2.68. The van der Waals surface area contributed by atoms with Crippen molar-refractivity contribution in [2.75, 3.05) is 0 Å². The van der Waals surface area contributed by atoms with Gasteiger partial charge in [0, 0.05) is 18.8 Å². The Morgan fingerprint density at radius 3 is 2.29 bits per heavy atom. The van der Waals surface area contributed by atoms with Crippen LogP contribution >= 0.6 is 0 Å². The second kappa shape index (κ2) is 6.27. The lowest BCUT2D eigenvalue weighted by molar-refractivity contribution is -0.187. The third kappa shape index (κ3) is 2.39. The topological polar surface area (TPSA) is 60.4 Å². The molecule has 0 bridgehead atoms. The molecule has 4 rings (SSSR count). The maximum atomic E-state index is 12.8. The molecule has 4 aliphatic carbocycles. The third-order valence-electron chi connectivity index (χ3n) is 9.42. The van der Waals surface area contributed by atoms with Gasteiger partial charge in [0.2, 0.25) is 0 Å². The SMILES string of the molecule is CC(=O)O[C@]1(C(C)=O)CC[C@@H]2[C@@H]3CCC4=C(C)C(=O)CC[C@]4(C)[C@H]3CC[C@@]21C. The molecule has 28 heavy (non-hydrogen) atoms. The Bertz CT molecular complexity index is 779. The van der Waals surface area contributed by atoms with Gasteiger partial charge in [-0.25, -0.2) is 0 Å². The lowest BCUT2D eigenvalue weighted by atomic mass is 9.45. The molecule has 0 amide bonds. The van der Waals surface area contributed by atoms with E-state index in [-0.39, 0.29) is 22.6 Å². The van der Waals surface area contributed by atoms with Crippen molar-refractivity contribution in [3.63, 3.8) is 0 Å². The van der Waals surface area contributed by atoms with E-state index < -0.39 is 5.60 Å². The zero-order valence-corrected chi connectivity index (χ0v) is 18.0. The van der Waals surface area contributed by atoms with E-state index in [1.807, 2.05) is 6.92 Å². The first-order chi connectivity index (χ1) is 13.1. The van der Waals surface area contributed by atoms with E-state index in [0.29, 0.717) is 36.4 Å². The molecule has 0 aromatic rings. The molecule has 3 fully saturated rings. The van der Waals surface area contributed by atoms with Crippen LogP contribution in [0.3, 0.4) is 0 Å². The summed E-state index contributed by atoms with van der Waals surface area (Å²) in [6.45, 7) is 9.64. The molecule has 0 radical (unpaired) electrons. The number of carbonyl (C=O) groups excluding carboxylic acids is 3. The van der Waals surface area contributed by atoms with E-state index in [0.717, 1.165) is 44.1 Å². The zero-order chi connectivity index (χ0) is 20.5. The fourth-order valence-corrected chi connectivity index (χ4v) is 8.04. The minimum atomic E-state index is -0.954. The predicted molar refractivity (Wildman–Crippen MR) is 107 cm³/mol. The summed E-state index contributed by atoms with van der Waals surface area (Å²) >= 11 is 0. The Morgan fingerprint density at radius 1 is 0.964 bits per heavy atom. The van der Waals surface area contributed by atoms with Gasteiger partial charge in [0.1, 0.15) is 0 Å². The molecule has 0 N–H and O–H groups in total. The zero-order valence-electron chi connectivity index (χ0n) is 18.0. The average Bonchev–Trinajstić information content (AvgIpc) is 2.92. The number of esters is 1. The number of hydrogen-bond donors (Lipinski definition) is 0. The van der Waals surface area contributed by atoms with E-state index in [1.54, 1.807) is 6.92 Å². The summed E-state index contributed by atoms with van der Waals surface area (Å²) in [7, 11) is 0. The summed E-state index contributed by atoms with van der Waals surface area (Å²) in [5.41, 5.74) is 1.31. The number of Topliss-reactive ketones (excluding diaryl/α,β-unsaturated/α-hetero) is 2. The number of fused-ring (bicyclic) bond motifs is 5. The predicted octanol–water partition coefficient (Wildman–Crippen LogP) is 4.80. The van der Waals surface area contributed by atoms with Crippen LogP contribution in [0.4, 0.5) is 0 Å². The molecular formula is C24H34O4. The summed E-state index contributed by atoms with van der Waals surface area (Å²) < 4.78 is 5.83. The number of allylic oxidation sites excluding steroid dienone is 1. The Balaban J connectivity index is 1.72. The summed E-state index contributed by atoms with van der Waals surface area (Å²) in [4.78, 5) is 37.0. The highest BCUT2D eigenvalue weighted by Gasteiger charge is 2.67. The second-order valence-electron chi connectivity index (χ2n) is 10.3. The Labute approximate surface area is 168 Å². The smallest absolute Gasteiger partial charge is 0.303 e. The van der Waals surface area contributed by atoms with Crippen LogP contribution < -0.4 is 0 Å². The van der Waals surface area contributed by atoms with Crippen LogP contribution in [0, 0.1) is 28.6 Å². The van der Waals surface area contributed by atoms with Crippen LogP contribution in [0.2, 0.25) is 0 Å². The quantitative estimate of drug-likeness (QED) is 0.640. The standard InChI is InChI=1S/C24H34O4/c1-14-18-7-6-17-19(22(18,4)11-10-21(14)27)8-12-23(5)20(17)9-13-24(23,15(2)25)28-16(3)26/h17,19-20H,6-13H2,1-5H3/t17-,19+,20-,22+,23+,24+/m1/s1. The van der Waals surface area contributed by atoms with Gasteiger partial charge in [0.25, 0.3) is 0 Å². The van der Waals surface area contributed by atoms with Gasteiger partial charge in [-0.05, 0) is 87.5 Å². The Kier molecular flexibility index (Phi) is 4.45. The van der Waals surface area contributed by atoms with E-state index >= 15 is 0 Å². The van der Waals surface area contributed by atoms with Crippen LogP contribution in [-0.4, -0.2) is 23.1 Å². The number of carbonyl (C=O) groups is 3. The maximum absolute atomic E-state index is 12.8. The Hall–Kier alpha value is -1.45. The lowest BCUT2D eigenvalue weighted by Crippen LogP contribution is -2.58. The van der Waals surface area contributed by atoms with Crippen LogP contribution in [0.15, 0.2) is 11.1 Å². The maximum Gasteiger partial charge on any atom is 0.303 e. The normalized spacial score (nSPS) is 45.2. The summed E-state index contributed by atoms with van der Waals surface area (Å²) in [6.07, 6.45) is 7.31. The summed E-state index contributed by atoms with van der Waals surface area (Å²) in [6, 6.07) is 0. The fraction of sp³-hybridized carbons (Fsp3) is 0.792. The van der Waals surface area contributed by atoms with Crippen molar-refractivity contribution in [1.82, 2.24) is 0 Å². The minimum absolute atomic E-state index is 0.00728. The first kappa shape index (κ1) is 19.8. The van der Waals surface area contributed by atoms with Crippen LogP contribution in [0.5, 0.6) is 0 Å². The largest absolute Gasteiger partial charge is 0.451 e. The van der Waals surface area contributed by atoms with Gasteiger partial charge in [-0.15, -0.1) is 0 Å². The van der Waals surface area contributed by atoms with Gasteiger partial charge in [-0.1, -0.05) is 19.4 Å². The highest BCUT2D eigenvalue weighted by molar-refractivity contribution is 5.96. The van der Waals surface area contributed by atoms with Gasteiger partial charge in [-0.2, -0.15) is 0 Å². The minimum Gasteiger partial charge on any atom is -0.451 e. The molecule has 3 saturated carbocycles. The van der Waals surface area contributed by atoms with Crippen LogP contribution in [0.25, 0.3) is 0 Å². The second-order valence-corrected chi connectivity index (χ2v) is 10.3. The van der Waals surface area contributed by atoms with Gasteiger partial charge in [0.15, 0.2) is 17.2 Å². The average molecular weight is 387 g/mol. The van der Waals surface area contributed by atoms with Crippen LogP contribution in [0.1, 0.15) is 86.0 Å². The third-order valence-corrected chi connectivity index (χ3v) is 9.42. The molecule has 0 saturated heterocycles. The highest BCUT2D eigenvalue weighted by atomic mass is 16.6. The van der Waals surface area contributed by atoms with Crippen molar-refractivity contribution in [3.05, 3.63) is 11.1 Å². The molecule has 0 heterocycles. The van der Waals surface area contributed by atoms with E-state index in [1.165, 1.54) is 12.5 Å². The molecule has 0 unspecified atom stereocenters. The van der Waals surface area contributed by atoms with E-state index in [2.05, 4.69) is 13.8 Å². The molecule has 0 spiro atoms. The first-order valence-corrected chi connectivity index (χ1v) is 11.0. The van der Waals surface area contributed by atoms with Crippen molar-refractivity contribution >= 4 is 17.5 Å². The van der Waals surface area contributed by atoms with Gasteiger partial charge in [0.05, 0.1) is 0 Å². The lowest BCUT2D eigenvalue weighted by Gasteiger charge is -2.59.